The average Bonchev–Trinajstić information content (AvgIpc) is 2.99. The van der Waals surface area contributed by atoms with Crippen LogP contribution in [0.2, 0.25) is 10.0 Å². The number of halogens is 2. The Morgan fingerprint density at radius 3 is 2.43 bits per heavy atom. The predicted molar refractivity (Wildman–Crippen MR) is 115 cm³/mol. The van der Waals surface area contributed by atoms with E-state index in [0.717, 1.165) is 10.6 Å². The molecule has 1 aliphatic carbocycles. The number of carbonyl (C=O) groups excluding carboxylic acids is 3. The molecule has 1 aliphatic heterocycles. The number of allylic oxidation sites excluding steroid dienone is 2. The lowest BCUT2D eigenvalue weighted by Crippen LogP contribution is -2.50. The van der Waals surface area contributed by atoms with Crippen LogP contribution in [-0.4, -0.2) is 27.7 Å². The Morgan fingerprint density at radius 2 is 1.77 bits per heavy atom. The van der Waals surface area contributed by atoms with Crippen LogP contribution in [-0.2, 0) is 16.1 Å². The van der Waals surface area contributed by atoms with Crippen molar-refractivity contribution in [1.29, 1.82) is 0 Å². The summed E-state index contributed by atoms with van der Waals surface area (Å²) in [5.74, 6) is -2.19. The molecule has 3 atom stereocenters. The van der Waals surface area contributed by atoms with Gasteiger partial charge in [-0.2, -0.15) is 5.01 Å². The van der Waals surface area contributed by atoms with Crippen molar-refractivity contribution in [2.24, 2.45) is 17.8 Å². The highest BCUT2D eigenvalue weighted by Gasteiger charge is 2.53. The molecule has 3 amide bonds. The number of nitrogens with zero attached hydrogens (tertiary/aromatic N) is 2. The second-order valence-electron chi connectivity index (χ2n) is 7.61. The third-order valence-corrected chi connectivity index (χ3v) is 6.26. The Bertz CT molecular complexity index is 1030. The maximum atomic E-state index is 13.5. The van der Waals surface area contributed by atoms with Gasteiger partial charge in [0.05, 0.1) is 29.0 Å². The van der Waals surface area contributed by atoms with Crippen molar-refractivity contribution < 1.29 is 14.4 Å². The lowest BCUT2D eigenvalue weighted by molar-refractivity contribution is -0.155. The van der Waals surface area contributed by atoms with E-state index < -0.39 is 17.7 Å². The molecule has 2 aromatic carbocycles. The second-order valence-corrected chi connectivity index (χ2v) is 8.46. The van der Waals surface area contributed by atoms with Gasteiger partial charge in [0.2, 0.25) is 0 Å². The van der Waals surface area contributed by atoms with E-state index in [2.05, 4.69) is 0 Å². The van der Waals surface area contributed by atoms with Gasteiger partial charge in [0.1, 0.15) is 0 Å². The molecule has 2 aromatic rings. The highest BCUT2D eigenvalue weighted by atomic mass is 35.5. The van der Waals surface area contributed by atoms with Crippen LogP contribution >= 0.6 is 23.2 Å². The number of carbonyl (C=O) groups is 3. The summed E-state index contributed by atoms with van der Waals surface area (Å²) < 4.78 is 0. The molecular weight excluding hydrogens is 423 g/mol. The first-order valence-electron chi connectivity index (χ1n) is 9.73. The van der Waals surface area contributed by atoms with E-state index in [4.69, 9.17) is 23.2 Å². The van der Waals surface area contributed by atoms with E-state index in [0.29, 0.717) is 11.4 Å². The van der Waals surface area contributed by atoms with Crippen LogP contribution in [0.1, 0.15) is 29.3 Å². The molecule has 0 radical (unpaired) electrons. The van der Waals surface area contributed by atoms with Gasteiger partial charge in [-0.3, -0.25) is 14.4 Å². The molecule has 1 saturated heterocycles. The van der Waals surface area contributed by atoms with Gasteiger partial charge in [0.15, 0.2) is 0 Å². The molecule has 0 aromatic heterocycles. The Hall–Kier alpha value is -2.63. The number of fused-ring (bicyclic) bond motifs is 1. The maximum Gasteiger partial charge on any atom is 0.274 e. The van der Waals surface area contributed by atoms with Gasteiger partial charge in [-0.05, 0) is 42.2 Å². The molecule has 0 N–H and O–H groups in total. The Morgan fingerprint density at radius 1 is 1.07 bits per heavy atom. The van der Waals surface area contributed by atoms with Crippen molar-refractivity contribution in [3.05, 3.63) is 81.9 Å². The number of hydrogen-bond acceptors (Lipinski definition) is 3. The fraction of sp³-hybridized carbons (Fsp3) is 0.261. The lowest BCUT2D eigenvalue weighted by atomic mass is 9.78. The highest BCUT2D eigenvalue weighted by Crippen LogP contribution is 2.39. The van der Waals surface area contributed by atoms with Gasteiger partial charge in [-0.1, -0.05) is 66.5 Å². The molecule has 5 nitrogen and oxygen atoms in total. The van der Waals surface area contributed by atoms with Crippen molar-refractivity contribution in [2.45, 2.75) is 19.9 Å². The number of amides is 3. The summed E-state index contributed by atoms with van der Waals surface area (Å²) in [5.41, 5.74) is 0.969. The van der Waals surface area contributed by atoms with E-state index in [-0.39, 0.29) is 34.9 Å². The fourth-order valence-electron chi connectivity index (χ4n) is 4.14. The zero-order chi connectivity index (χ0) is 21.4. The van der Waals surface area contributed by atoms with E-state index in [9.17, 15) is 14.4 Å². The molecule has 0 unspecified atom stereocenters. The van der Waals surface area contributed by atoms with Crippen LogP contribution in [0.25, 0.3) is 0 Å². The van der Waals surface area contributed by atoms with Crippen molar-refractivity contribution in [3.8, 4) is 0 Å². The van der Waals surface area contributed by atoms with Crippen LogP contribution in [0, 0.1) is 17.8 Å². The van der Waals surface area contributed by atoms with Gasteiger partial charge < -0.3 is 0 Å². The highest BCUT2D eigenvalue weighted by molar-refractivity contribution is 6.34. The van der Waals surface area contributed by atoms with Crippen LogP contribution < -0.4 is 0 Å². The minimum Gasteiger partial charge on any atom is -0.272 e. The zero-order valence-electron chi connectivity index (χ0n) is 16.3. The van der Waals surface area contributed by atoms with Crippen LogP contribution in [0.15, 0.2) is 60.7 Å². The summed E-state index contributed by atoms with van der Waals surface area (Å²) in [7, 11) is 0. The molecule has 30 heavy (non-hydrogen) atoms. The molecule has 0 spiro atoms. The number of hydrazine groups is 1. The van der Waals surface area contributed by atoms with E-state index >= 15 is 0 Å². The minimum atomic E-state index is -0.503. The number of benzene rings is 2. The Labute approximate surface area is 184 Å². The van der Waals surface area contributed by atoms with E-state index in [1.165, 1.54) is 5.01 Å². The first kappa shape index (κ1) is 20.6. The van der Waals surface area contributed by atoms with Gasteiger partial charge in [0, 0.05) is 5.02 Å². The topological polar surface area (TPSA) is 57.7 Å². The molecule has 4 rings (SSSR count). The first-order chi connectivity index (χ1) is 14.4. The van der Waals surface area contributed by atoms with Crippen molar-refractivity contribution in [1.82, 2.24) is 10.0 Å². The normalized spacial score (nSPS) is 22.9. The van der Waals surface area contributed by atoms with Crippen molar-refractivity contribution in [2.75, 3.05) is 0 Å². The third kappa shape index (κ3) is 3.64. The largest absolute Gasteiger partial charge is 0.274 e. The van der Waals surface area contributed by atoms with Crippen LogP contribution in [0.5, 0.6) is 0 Å². The summed E-state index contributed by atoms with van der Waals surface area (Å²) >= 11 is 12.2. The summed E-state index contributed by atoms with van der Waals surface area (Å²) in [6.07, 6.45) is 4.38. The van der Waals surface area contributed by atoms with Gasteiger partial charge >= 0.3 is 0 Å². The first-order valence-corrected chi connectivity index (χ1v) is 10.5. The second kappa shape index (κ2) is 8.25. The average molecular weight is 443 g/mol. The quantitative estimate of drug-likeness (QED) is 0.506. The molecular formula is C23H20Cl2N2O3. The summed E-state index contributed by atoms with van der Waals surface area (Å²) in [4.78, 5) is 40.0. The van der Waals surface area contributed by atoms with Crippen LogP contribution in [0.4, 0.5) is 0 Å². The van der Waals surface area contributed by atoms with Crippen molar-refractivity contribution >= 4 is 40.9 Å². The Balaban J connectivity index is 1.74. The van der Waals surface area contributed by atoms with E-state index in [1.54, 1.807) is 48.5 Å². The molecule has 0 saturated carbocycles. The van der Waals surface area contributed by atoms with Gasteiger partial charge in [-0.15, -0.1) is 0 Å². The molecule has 1 heterocycles. The van der Waals surface area contributed by atoms with Crippen LogP contribution in [0.3, 0.4) is 0 Å². The predicted octanol–water partition coefficient (Wildman–Crippen LogP) is 4.75. The number of imide groups is 1. The van der Waals surface area contributed by atoms with Crippen molar-refractivity contribution in [3.63, 3.8) is 0 Å². The third-order valence-electron chi connectivity index (χ3n) is 5.68. The Kier molecular flexibility index (Phi) is 5.67. The standard InChI is InChI=1S/C23H20Cl2N2O3/c1-14-5-4-7-18-20(14)23(30)27(22(18)29)26(13-15-9-11-16(24)12-10-15)21(28)17-6-2-3-8-19(17)25/h2-6,8-12,14,18,20H,7,13H2,1H3/t14-,18-,20+/m1/s1. The molecule has 154 valence electrons. The van der Waals surface area contributed by atoms with E-state index in [1.807, 2.05) is 19.1 Å². The molecule has 1 fully saturated rings. The fourth-order valence-corrected chi connectivity index (χ4v) is 4.48. The summed E-state index contributed by atoms with van der Waals surface area (Å²) in [6.45, 7) is 1.96. The monoisotopic (exact) mass is 442 g/mol. The SMILES string of the molecule is C[C@@H]1C=CC[C@H]2C(=O)N(N(Cc3ccc(Cl)cc3)C(=O)c3ccccc3Cl)C(=O)[C@@H]12. The maximum absolute atomic E-state index is 13.5. The molecule has 7 heteroatoms. The molecule has 2 aliphatic rings. The smallest absolute Gasteiger partial charge is 0.272 e. The summed E-state index contributed by atoms with van der Waals surface area (Å²) in [6, 6.07) is 13.5. The number of hydrogen-bond donors (Lipinski definition) is 0. The van der Waals surface area contributed by atoms with Gasteiger partial charge in [0.25, 0.3) is 17.7 Å². The zero-order valence-corrected chi connectivity index (χ0v) is 17.8. The summed E-state index contributed by atoms with van der Waals surface area (Å²) in [5, 5.41) is 3.05. The minimum absolute atomic E-state index is 0.0416. The number of rotatable bonds is 4. The van der Waals surface area contributed by atoms with Gasteiger partial charge in [-0.25, -0.2) is 5.01 Å². The molecule has 0 bridgehead atoms. The lowest BCUT2D eigenvalue weighted by Gasteiger charge is -2.31.